The van der Waals surface area contributed by atoms with Gasteiger partial charge in [0.2, 0.25) is 17.7 Å². The summed E-state index contributed by atoms with van der Waals surface area (Å²) in [6, 6.07) is 24.2. The second-order valence-electron chi connectivity index (χ2n) is 25.9. The number of likely N-dealkylation sites (tertiary alicyclic amines) is 1. The van der Waals surface area contributed by atoms with Crippen LogP contribution in [0, 0.1) is 0 Å². The van der Waals surface area contributed by atoms with Crippen molar-refractivity contribution in [3.05, 3.63) is 137 Å². The molecule has 2 atom stereocenters. The number of piperazine rings is 1. The number of piperidine rings is 1. The molecule has 0 radical (unpaired) electrons. The van der Waals surface area contributed by atoms with Crippen LogP contribution in [0.2, 0.25) is 0 Å². The molecule has 15 rings (SSSR count). The number of aromatic nitrogens is 11. The largest absolute Gasteiger partial charge is 0.485 e. The Morgan fingerprint density at radius 1 is 0.591 bits per heavy atom. The van der Waals surface area contributed by atoms with Crippen LogP contribution in [0.25, 0.3) is 56.1 Å². The number of hydrogen-bond acceptors (Lipinski definition) is 19. The summed E-state index contributed by atoms with van der Waals surface area (Å²) in [5, 5.41) is 11.3. The molecular weight excluding hydrogens is 1170 g/mol. The maximum absolute atomic E-state index is 14.8. The molecule has 3 aliphatic heterocycles. The smallest absolute Gasteiger partial charge is 0.244 e. The Balaban J connectivity index is 0.660. The van der Waals surface area contributed by atoms with Crippen LogP contribution in [0.5, 0.6) is 5.75 Å². The van der Waals surface area contributed by atoms with Gasteiger partial charge in [0.1, 0.15) is 46.4 Å². The first kappa shape index (κ1) is 59.7. The van der Waals surface area contributed by atoms with Crippen molar-refractivity contribution in [2.45, 2.75) is 88.7 Å². The van der Waals surface area contributed by atoms with E-state index in [4.69, 9.17) is 54.3 Å². The Labute approximate surface area is 539 Å². The minimum atomic E-state index is -0.222. The zero-order valence-electron chi connectivity index (χ0n) is 53.4. The number of carbonyl (C=O) groups is 3. The quantitative estimate of drug-likeness (QED) is 0.0935. The highest BCUT2D eigenvalue weighted by atomic mass is 16.6. The fraction of sp³-hybridized carbons (Fsp3) is 0.414. The standard InChI is InChI=1S/C70H76N18O5/c1-82-26-27-88(63(91)39-85(4)69-51-20-11-22-53(51)76-65(79-69)57-28-42-14-6-7-16-44(42)32-71-57)36-60(82)64-49-18-9-8-15-43(49)29-58(75-64)66-77-55-24-12-21-52(55)70(80-66)84(3)38-62(90)87-25-13-17-45(34-87)56-30-47(93-48-40-92-41-48)31-59(74-56)67-78-54-23-10-19-50(54)68(81-67)83(2)37-61(89)73-46-33-72-86(5)35-46/h6-9,14-16,18,28-33,35,45,48,60H,10-13,17,19-27,34,36-41H2,1-5H3,(H,73,89). The van der Waals surface area contributed by atoms with Crippen LogP contribution >= 0.6 is 0 Å². The van der Waals surface area contributed by atoms with E-state index in [0.29, 0.717) is 97.7 Å². The summed E-state index contributed by atoms with van der Waals surface area (Å²) in [6.45, 7) is 4.11. The highest BCUT2D eigenvalue weighted by Crippen LogP contribution is 2.39. The number of amides is 3. The van der Waals surface area contributed by atoms with Crippen LogP contribution in [0.3, 0.4) is 0 Å². The van der Waals surface area contributed by atoms with Gasteiger partial charge in [-0.3, -0.25) is 28.9 Å². The number of rotatable bonds is 17. The second-order valence-corrected chi connectivity index (χ2v) is 25.9. The molecule has 3 amide bonds. The zero-order chi connectivity index (χ0) is 63.4. The molecule has 6 aliphatic rings. The Morgan fingerprint density at radius 2 is 1.17 bits per heavy atom. The molecular formula is C70H76N18O5. The summed E-state index contributed by atoms with van der Waals surface area (Å²) in [6.07, 6.45) is 14.6. The van der Waals surface area contributed by atoms with E-state index >= 15 is 0 Å². The number of hydrogen-bond donors (Lipinski definition) is 1. The lowest BCUT2D eigenvalue weighted by molar-refractivity contribution is -0.132. The monoisotopic (exact) mass is 1250 g/mol. The molecule has 0 saturated carbocycles. The van der Waals surface area contributed by atoms with E-state index in [9.17, 15) is 14.4 Å². The van der Waals surface area contributed by atoms with E-state index in [0.717, 1.165) is 149 Å². The number of likely N-dealkylation sites (N-methyl/N-ethyl adjacent to an activating group) is 4. The van der Waals surface area contributed by atoms with Gasteiger partial charge in [-0.15, -0.1) is 0 Å². The van der Waals surface area contributed by atoms with Gasteiger partial charge in [0.15, 0.2) is 17.5 Å². The molecule has 9 aromatic rings. The summed E-state index contributed by atoms with van der Waals surface area (Å²) >= 11 is 0. The summed E-state index contributed by atoms with van der Waals surface area (Å²) in [4.78, 5) is 101. The fourth-order valence-corrected chi connectivity index (χ4v) is 14.3. The molecule has 3 fully saturated rings. The molecule has 1 N–H and O–H groups in total. The predicted molar refractivity (Wildman–Crippen MR) is 354 cm³/mol. The van der Waals surface area contributed by atoms with Crippen LogP contribution in [-0.2, 0) is 64.7 Å². The average Bonchev–Trinajstić information content (AvgIpc) is 1.85. The van der Waals surface area contributed by atoms with E-state index in [1.165, 1.54) is 0 Å². The number of fused-ring (bicyclic) bond motifs is 5. The van der Waals surface area contributed by atoms with Crippen molar-refractivity contribution in [1.29, 1.82) is 0 Å². The third kappa shape index (κ3) is 12.1. The molecule has 2 aromatic carbocycles. The van der Waals surface area contributed by atoms with Crippen molar-refractivity contribution in [3.63, 3.8) is 0 Å². The van der Waals surface area contributed by atoms with Gasteiger partial charge in [-0.2, -0.15) is 5.10 Å². The van der Waals surface area contributed by atoms with E-state index < -0.39 is 0 Å². The fourth-order valence-electron chi connectivity index (χ4n) is 14.3. The van der Waals surface area contributed by atoms with Crippen LogP contribution in [-0.4, -0.2) is 187 Å². The van der Waals surface area contributed by atoms with Crippen LogP contribution in [0.4, 0.5) is 23.1 Å². The summed E-state index contributed by atoms with van der Waals surface area (Å²) in [5.74, 6) is 4.17. The molecule has 23 nitrogen and oxygen atoms in total. The molecule has 23 heteroatoms. The lowest BCUT2D eigenvalue weighted by Crippen LogP contribution is -2.51. The van der Waals surface area contributed by atoms with Crippen molar-refractivity contribution in [2.24, 2.45) is 7.05 Å². The first-order chi connectivity index (χ1) is 45.3. The zero-order valence-corrected chi connectivity index (χ0v) is 53.4. The van der Waals surface area contributed by atoms with E-state index in [-0.39, 0.29) is 55.4 Å². The van der Waals surface area contributed by atoms with Crippen molar-refractivity contribution >= 4 is 62.4 Å². The van der Waals surface area contributed by atoms with Crippen molar-refractivity contribution < 1.29 is 23.9 Å². The minimum absolute atomic E-state index is 0.00341. The van der Waals surface area contributed by atoms with Crippen LogP contribution in [0.1, 0.15) is 89.2 Å². The number of pyridine rings is 3. The predicted octanol–water partition coefficient (Wildman–Crippen LogP) is 7.40. The minimum Gasteiger partial charge on any atom is -0.485 e. The van der Waals surface area contributed by atoms with E-state index in [2.05, 4.69) is 46.6 Å². The Morgan fingerprint density at radius 3 is 1.80 bits per heavy atom. The van der Waals surface area contributed by atoms with Crippen LogP contribution in [0.15, 0.2) is 91.4 Å². The average molecular weight is 1250 g/mol. The first-order valence-corrected chi connectivity index (χ1v) is 32.7. The number of nitrogens with one attached hydrogen (secondary N) is 1. The molecule has 3 saturated heterocycles. The Bertz CT molecular complexity index is 4400. The van der Waals surface area contributed by atoms with Crippen LogP contribution < -0.4 is 24.8 Å². The lowest BCUT2D eigenvalue weighted by atomic mass is 9.93. The highest BCUT2D eigenvalue weighted by molar-refractivity contribution is 5.94. The molecule has 7 aromatic heterocycles. The number of ether oxygens (including phenoxy) is 2. The van der Waals surface area contributed by atoms with Crippen molar-refractivity contribution in [3.8, 4) is 40.3 Å². The van der Waals surface area contributed by atoms with E-state index in [1.54, 1.807) is 17.1 Å². The van der Waals surface area contributed by atoms with Gasteiger partial charge in [0.05, 0.1) is 56.5 Å². The Hall–Kier alpha value is -9.61. The summed E-state index contributed by atoms with van der Waals surface area (Å²) in [5.41, 5.74) is 10.4. The second kappa shape index (κ2) is 25.1. The number of anilines is 4. The van der Waals surface area contributed by atoms with Gasteiger partial charge >= 0.3 is 0 Å². The third-order valence-electron chi connectivity index (χ3n) is 19.3. The Kier molecular flexibility index (Phi) is 16.1. The molecule has 0 bridgehead atoms. The molecule has 0 spiro atoms. The van der Waals surface area contributed by atoms with Gasteiger partial charge < -0.3 is 39.3 Å². The topological polar surface area (TPSA) is 235 Å². The molecule has 2 unspecified atom stereocenters. The van der Waals surface area contributed by atoms with Gasteiger partial charge in [0.25, 0.3) is 0 Å². The van der Waals surface area contributed by atoms with Gasteiger partial charge in [-0.25, -0.2) is 39.9 Å². The molecule has 3 aliphatic carbocycles. The maximum atomic E-state index is 14.8. The molecule has 476 valence electrons. The van der Waals surface area contributed by atoms with Crippen molar-refractivity contribution in [1.82, 2.24) is 69.3 Å². The van der Waals surface area contributed by atoms with Gasteiger partial charge in [0, 0.05) is 142 Å². The molecule has 93 heavy (non-hydrogen) atoms. The number of nitrogens with zero attached hydrogens (tertiary/aromatic N) is 17. The normalized spacial score (nSPS) is 17.9. The molecule has 10 heterocycles. The summed E-state index contributed by atoms with van der Waals surface area (Å²) < 4.78 is 13.6. The lowest BCUT2D eigenvalue weighted by Gasteiger charge is -2.40. The SMILES string of the molecule is CN(CC(=O)N1CCN(C)C(c2nc(-c3nc4c(c(N(C)CC(=O)N5CCCC(c6cc(OC7COC7)cc(-c7nc8c(c(N(C)CC(=O)Nc9cnn(C)c9)n7)CCC8)n6)C5)n3)CCC4)cc3ccccc23)C1)c1nc(-c2cc3ccccc3cn2)nc2c1CCC2. The number of benzene rings is 2. The first-order valence-electron chi connectivity index (χ1n) is 32.7. The van der Waals surface area contributed by atoms with Gasteiger partial charge in [-0.1, -0.05) is 48.5 Å². The van der Waals surface area contributed by atoms with Crippen molar-refractivity contribution in [2.75, 3.05) is 114 Å². The maximum Gasteiger partial charge on any atom is 0.244 e. The van der Waals surface area contributed by atoms with Gasteiger partial charge in [-0.05, 0) is 101 Å². The summed E-state index contributed by atoms with van der Waals surface area (Å²) in [7, 11) is 9.71. The van der Waals surface area contributed by atoms with E-state index in [1.807, 2.05) is 107 Å². The number of aryl methyl sites for hydroxylation is 4. The number of carbonyl (C=O) groups excluding carboxylic acids is 3. The highest BCUT2D eigenvalue weighted by Gasteiger charge is 2.35. The third-order valence-corrected chi connectivity index (χ3v) is 19.3.